The Morgan fingerprint density at radius 1 is 1.38 bits per heavy atom. The fraction of sp³-hybridized carbons (Fsp3) is 1.00. The van der Waals surface area contributed by atoms with Crippen LogP contribution in [0.3, 0.4) is 0 Å². The summed E-state index contributed by atoms with van der Waals surface area (Å²) in [4.78, 5) is 0. The van der Waals surface area contributed by atoms with E-state index in [2.05, 4.69) is 39.9 Å². The number of hydrogen-bond donors (Lipinski definition) is 1. The van der Waals surface area contributed by atoms with E-state index >= 15 is 0 Å². The molecule has 0 radical (unpaired) electrons. The minimum atomic E-state index is 0.115. The summed E-state index contributed by atoms with van der Waals surface area (Å²) in [6, 6.07) is 0.650. The molecule has 3 atom stereocenters. The molecule has 1 N–H and O–H groups in total. The first-order valence-corrected chi connectivity index (χ1v) is 6.89. The maximum atomic E-state index is 6.06. The van der Waals surface area contributed by atoms with Gasteiger partial charge in [-0.25, -0.2) is 0 Å². The summed E-state index contributed by atoms with van der Waals surface area (Å²) in [6.07, 6.45) is 5.35. The Morgan fingerprint density at radius 2 is 2.06 bits per heavy atom. The molecule has 1 aliphatic heterocycles. The van der Waals surface area contributed by atoms with Crippen LogP contribution in [0.25, 0.3) is 0 Å². The van der Waals surface area contributed by atoms with Gasteiger partial charge < -0.3 is 10.1 Å². The van der Waals surface area contributed by atoms with Crippen molar-refractivity contribution < 1.29 is 4.74 Å². The molecule has 1 heterocycles. The van der Waals surface area contributed by atoms with Crippen molar-refractivity contribution in [1.29, 1.82) is 0 Å². The third kappa shape index (κ3) is 4.06. The lowest BCUT2D eigenvalue weighted by Gasteiger charge is -2.27. The van der Waals surface area contributed by atoms with E-state index in [1.165, 1.54) is 25.7 Å². The van der Waals surface area contributed by atoms with Gasteiger partial charge in [-0.15, -0.1) is 0 Å². The zero-order chi connectivity index (χ0) is 12.2. The number of ether oxygens (including phenoxy) is 1. The van der Waals surface area contributed by atoms with E-state index in [4.69, 9.17) is 4.74 Å². The van der Waals surface area contributed by atoms with Gasteiger partial charge in [-0.05, 0) is 52.0 Å². The van der Waals surface area contributed by atoms with Gasteiger partial charge in [0.15, 0.2) is 0 Å². The number of hydrogen-bond acceptors (Lipinski definition) is 2. The molecule has 0 spiro atoms. The molecule has 1 aliphatic rings. The van der Waals surface area contributed by atoms with Crippen molar-refractivity contribution in [3.63, 3.8) is 0 Å². The monoisotopic (exact) mass is 227 g/mol. The second-order valence-corrected chi connectivity index (χ2v) is 5.82. The molecule has 0 aliphatic carbocycles. The molecular weight excluding hydrogens is 198 g/mol. The lowest BCUT2D eigenvalue weighted by molar-refractivity contribution is -0.0255. The highest BCUT2D eigenvalue weighted by Gasteiger charge is 2.33. The zero-order valence-electron chi connectivity index (χ0n) is 11.7. The first kappa shape index (κ1) is 14.0. The van der Waals surface area contributed by atoms with Crippen LogP contribution in [0.5, 0.6) is 0 Å². The lowest BCUT2D eigenvalue weighted by atomic mass is 9.92. The van der Waals surface area contributed by atoms with Crippen molar-refractivity contribution in [3.05, 3.63) is 0 Å². The van der Waals surface area contributed by atoms with Gasteiger partial charge in [0.25, 0.3) is 0 Å². The van der Waals surface area contributed by atoms with Crippen LogP contribution in [0.4, 0.5) is 0 Å². The average Bonchev–Trinajstić information content (AvgIpc) is 2.54. The first-order chi connectivity index (χ1) is 7.48. The Kier molecular flexibility index (Phi) is 5.26. The van der Waals surface area contributed by atoms with E-state index in [-0.39, 0.29) is 5.60 Å². The molecule has 0 aromatic rings. The van der Waals surface area contributed by atoms with Gasteiger partial charge in [0.1, 0.15) is 0 Å². The normalized spacial score (nSPS) is 27.9. The van der Waals surface area contributed by atoms with Gasteiger partial charge in [0.05, 0.1) is 11.7 Å². The maximum Gasteiger partial charge on any atom is 0.0631 e. The molecule has 0 aromatic heterocycles. The van der Waals surface area contributed by atoms with Crippen LogP contribution in [0, 0.1) is 5.92 Å². The minimum absolute atomic E-state index is 0.115. The third-order valence-corrected chi connectivity index (χ3v) is 3.78. The van der Waals surface area contributed by atoms with Gasteiger partial charge in [-0.1, -0.05) is 20.8 Å². The highest BCUT2D eigenvalue weighted by molar-refractivity contribution is 4.83. The Hall–Kier alpha value is -0.0800. The molecule has 1 saturated heterocycles. The molecule has 96 valence electrons. The Bertz CT molecular complexity index is 203. The fourth-order valence-corrected chi connectivity index (χ4v) is 2.83. The van der Waals surface area contributed by atoms with Gasteiger partial charge >= 0.3 is 0 Å². The fourth-order valence-electron chi connectivity index (χ4n) is 2.83. The van der Waals surface area contributed by atoms with E-state index in [0.29, 0.717) is 18.1 Å². The smallest absolute Gasteiger partial charge is 0.0631 e. The molecule has 0 amide bonds. The molecule has 2 heteroatoms. The molecule has 2 nitrogen and oxygen atoms in total. The molecule has 0 saturated carbocycles. The molecule has 1 rings (SSSR count). The van der Waals surface area contributed by atoms with Crippen molar-refractivity contribution in [3.8, 4) is 0 Å². The van der Waals surface area contributed by atoms with Gasteiger partial charge in [0, 0.05) is 6.04 Å². The van der Waals surface area contributed by atoms with Crippen LogP contribution in [-0.2, 0) is 4.74 Å². The van der Waals surface area contributed by atoms with E-state index in [0.717, 1.165) is 6.54 Å². The van der Waals surface area contributed by atoms with Crippen LogP contribution >= 0.6 is 0 Å². The summed E-state index contributed by atoms with van der Waals surface area (Å²) in [7, 11) is 0. The summed E-state index contributed by atoms with van der Waals surface area (Å²) < 4.78 is 6.06. The maximum absolute atomic E-state index is 6.06. The third-order valence-electron chi connectivity index (χ3n) is 3.78. The van der Waals surface area contributed by atoms with E-state index in [9.17, 15) is 0 Å². The predicted octanol–water partition coefficient (Wildman–Crippen LogP) is 3.36. The van der Waals surface area contributed by atoms with Crippen LogP contribution < -0.4 is 5.32 Å². The van der Waals surface area contributed by atoms with Crippen molar-refractivity contribution >= 4 is 0 Å². The highest BCUT2D eigenvalue weighted by Crippen LogP contribution is 2.33. The summed E-state index contributed by atoms with van der Waals surface area (Å²) in [5.74, 6) is 0.712. The Morgan fingerprint density at radius 3 is 2.50 bits per heavy atom. The van der Waals surface area contributed by atoms with Gasteiger partial charge in [-0.2, -0.15) is 0 Å². The van der Waals surface area contributed by atoms with E-state index < -0.39 is 0 Å². The second kappa shape index (κ2) is 6.02. The van der Waals surface area contributed by atoms with Crippen molar-refractivity contribution in [1.82, 2.24) is 5.32 Å². The van der Waals surface area contributed by atoms with E-state index in [1.54, 1.807) is 0 Å². The molecule has 1 fully saturated rings. The predicted molar refractivity (Wildman–Crippen MR) is 69.7 cm³/mol. The van der Waals surface area contributed by atoms with Crippen molar-refractivity contribution in [2.75, 3.05) is 6.54 Å². The summed E-state index contributed by atoms with van der Waals surface area (Å²) in [5, 5.41) is 3.57. The van der Waals surface area contributed by atoms with Crippen LogP contribution in [-0.4, -0.2) is 24.3 Å². The summed E-state index contributed by atoms with van der Waals surface area (Å²) in [5.41, 5.74) is 0.115. The quantitative estimate of drug-likeness (QED) is 0.751. The SMILES string of the molecule is CCNC(CC)C(C)CC1CCC(C)(C)O1. The Balaban J connectivity index is 2.36. The molecular formula is C14H29NO. The topological polar surface area (TPSA) is 21.3 Å². The molecule has 16 heavy (non-hydrogen) atoms. The second-order valence-electron chi connectivity index (χ2n) is 5.82. The van der Waals surface area contributed by atoms with Crippen molar-refractivity contribution in [2.45, 2.75) is 78.0 Å². The lowest BCUT2D eigenvalue weighted by Crippen LogP contribution is -2.36. The minimum Gasteiger partial charge on any atom is -0.372 e. The van der Waals surface area contributed by atoms with Crippen LogP contribution in [0.1, 0.15) is 60.3 Å². The standard InChI is InChI=1S/C14H29NO/c1-6-13(15-7-2)11(3)10-12-8-9-14(4,5)16-12/h11-13,15H,6-10H2,1-5H3. The van der Waals surface area contributed by atoms with Gasteiger partial charge in [-0.3, -0.25) is 0 Å². The summed E-state index contributed by atoms with van der Waals surface area (Å²) in [6.45, 7) is 12.3. The summed E-state index contributed by atoms with van der Waals surface area (Å²) >= 11 is 0. The highest BCUT2D eigenvalue weighted by atomic mass is 16.5. The van der Waals surface area contributed by atoms with Gasteiger partial charge in [0.2, 0.25) is 0 Å². The van der Waals surface area contributed by atoms with Crippen LogP contribution in [0.2, 0.25) is 0 Å². The van der Waals surface area contributed by atoms with Crippen LogP contribution in [0.15, 0.2) is 0 Å². The largest absolute Gasteiger partial charge is 0.372 e. The average molecular weight is 227 g/mol. The van der Waals surface area contributed by atoms with Crippen molar-refractivity contribution in [2.24, 2.45) is 5.92 Å². The molecule has 0 aromatic carbocycles. The zero-order valence-corrected chi connectivity index (χ0v) is 11.7. The molecule has 0 bridgehead atoms. The Labute approximate surface area is 101 Å². The first-order valence-electron chi connectivity index (χ1n) is 6.89. The number of rotatable bonds is 6. The van der Waals surface area contributed by atoms with E-state index in [1.807, 2.05) is 0 Å². The molecule has 3 unspecified atom stereocenters. The number of nitrogens with one attached hydrogen (secondary N) is 1.